The third-order valence-electron chi connectivity index (χ3n) is 3.62. The van der Waals surface area contributed by atoms with Gasteiger partial charge < -0.3 is 9.32 Å². The van der Waals surface area contributed by atoms with Crippen LogP contribution in [0.5, 0.6) is 0 Å². The standard InChI is InChI=1S/C18H16FN3O3S/c1-22(10-13-5-4-8-25-13)16(23)9-12-11-26-18(20-12)21-17(24)14-6-2-3-7-15(14)19/h2-8,11H,9-10H2,1H3,(H,20,21,24). The maximum atomic E-state index is 13.6. The minimum Gasteiger partial charge on any atom is -0.467 e. The second kappa shape index (κ2) is 7.92. The van der Waals surface area contributed by atoms with Crippen LogP contribution in [0.4, 0.5) is 9.52 Å². The van der Waals surface area contributed by atoms with Crippen molar-refractivity contribution in [3.8, 4) is 0 Å². The largest absolute Gasteiger partial charge is 0.467 e. The number of likely N-dealkylation sites (N-methyl/N-ethyl adjacent to an activating group) is 1. The number of amides is 2. The molecule has 0 fully saturated rings. The number of furan rings is 1. The van der Waals surface area contributed by atoms with E-state index in [-0.39, 0.29) is 17.9 Å². The smallest absolute Gasteiger partial charge is 0.260 e. The molecule has 0 saturated carbocycles. The fraction of sp³-hybridized carbons (Fsp3) is 0.167. The molecule has 3 aromatic rings. The highest BCUT2D eigenvalue weighted by atomic mass is 32.1. The molecular formula is C18H16FN3O3S. The number of anilines is 1. The number of carbonyl (C=O) groups excluding carboxylic acids is 2. The Morgan fingerprint density at radius 1 is 1.27 bits per heavy atom. The van der Waals surface area contributed by atoms with E-state index >= 15 is 0 Å². The zero-order valence-corrected chi connectivity index (χ0v) is 14.8. The number of hydrogen-bond donors (Lipinski definition) is 1. The number of carbonyl (C=O) groups is 2. The SMILES string of the molecule is CN(Cc1ccco1)C(=O)Cc1csc(NC(=O)c2ccccc2F)n1. The fourth-order valence-corrected chi connectivity index (χ4v) is 2.98. The van der Waals surface area contributed by atoms with Crippen molar-refractivity contribution in [1.29, 1.82) is 0 Å². The Bertz CT molecular complexity index is 908. The number of halogens is 1. The summed E-state index contributed by atoms with van der Waals surface area (Å²) in [6.07, 6.45) is 1.65. The van der Waals surface area contributed by atoms with Crippen molar-refractivity contribution >= 4 is 28.3 Å². The van der Waals surface area contributed by atoms with Crippen LogP contribution in [0.15, 0.2) is 52.5 Å². The number of thiazole rings is 1. The molecule has 134 valence electrons. The maximum Gasteiger partial charge on any atom is 0.260 e. The summed E-state index contributed by atoms with van der Waals surface area (Å²) in [6, 6.07) is 9.26. The van der Waals surface area contributed by atoms with Gasteiger partial charge in [-0.25, -0.2) is 9.37 Å². The Balaban J connectivity index is 1.58. The molecule has 6 nitrogen and oxygen atoms in total. The van der Waals surface area contributed by atoms with Crippen LogP contribution in [0.2, 0.25) is 0 Å². The van der Waals surface area contributed by atoms with Crippen LogP contribution < -0.4 is 5.32 Å². The highest BCUT2D eigenvalue weighted by Gasteiger charge is 2.16. The molecule has 0 radical (unpaired) electrons. The van der Waals surface area contributed by atoms with Gasteiger partial charge in [-0.05, 0) is 24.3 Å². The van der Waals surface area contributed by atoms with Gasteiger partial charge in [0.05, 0.1) is 30.5 Å². The lowest BCUT2D eigenvalue weighted by molar-refractivity contribution is -0.129. The predicted octanol–water partition coefficient (Wildman–Crippen LogP) is 3.33. The number of aromatic nitrogens is 1. The summed E-state index contributed by atoms with van der Waals surface area (Å²) in [7, 11) is 1.68. The molecule has 0 aliphatic rings. The Labute approximate surface area is 153 Å². The molecule has 0 aliphatic heterocycles. The molecule has 8 heteroatoms. The number of nitrogens with zero attached hydrogens (tertiary/aromatic N) is 2. The summed E-state index contributed by atoms with van der Waals surface area (Å²) in [5, 5.41) is 4.55. The Morgan fingerprint density at radius 2 is 2.08 bits per heavy atom. The lowest BCUT2D eigenvalue weighted by atomic mass is 10.2. The van der Waals surface area contributed by atoms with E-state index in [9.17, 15) is 14.0 Å². The van der Waals surface area contributed by atoms with E-state index in [0.717, 1.165) is 0 Å². The minimum atomic E-state index is -0.600. The van der Waals surface area contributed by atoms with Gasteiger partial charge in [0.1, 0.15) is 11.6 Å². The van der Waals surface area contributed by atoms with Crippen molar-refractivity contribution in [3.05, 3.63) is 70.9 Å². The van der Waals surface area contributed by atoms with Gasteiger partial charge in [0.25, 0.3) is 5.91 Å². The molecule has 0 unspecified atom stereocenters. The number of nitrogens with one attached hydrogen (secondary N) is 1. The first-order valence-corrected chi connectivity index (χ1v) is 8.67. The van der Waals surface area contributed by atoms with Crippen molar-refractivity contribution in [2.75, 3.05) is 12.4 Å². The van der Waals surface area contributed by atoms with Crippen molar-refractivity contribution in [3.63, 3.8) is 0 Å². The monoisotopic (exact) mass is 373 g/mol. The fourth-order valence-electron chi connectivity index (χ4n) is 2.27. The summed E-state index contributed by atoms with van der Waals surface area (Å²) in [5.41, 5.74) is 0.480. The highest BCUT2D eigenvalue weighted by molar-refractivity contribution is 7.14. The molecule has 1 aromatic carbocycles. The topological polar surface area (TPSA) is 75.4 Å². The molecule has 2 aromatic heterocycles. The van der Waals surface area contributed by atoms with E-state index < -0.39 is 11.7 Å². The van der Waals surface area contributed by atoms with Crippen LogP contribution in [-0.4, -0.2) is 28.7 Å². The van der Waals surface area contributed by atoms with Crippen LogP contribution >= 0.6 is 11.3 Å². The molecule has 0 atom stereocenters. The van der Waals surface area contributed by atoms with Crippen LogP contribution in [-0.2, 0) is 17.8 Å². The van der Waals surface area contributed by atoms with Gasteiger partial charge in [-0.3, -0.25) is 14.9 Å². The van der Waals surface area contributed by atoms with Crippen LogP contribution in [0.3, 0.4) is 0 Å². The average molecular weight is 373 g/mol. The first kappa shape index (κ1) is 17.8. The zero-order valence-electron chi connectivity index (χ0n) is 13.9. The van der Waals surface area contributed by atoms with Crippen molar-refractivity contribution in [2.45, 2.75) is 13.0 Å². The van der Waals surface area contributed by atoms with Gasteiger partial charge in [-0.2, -0.15) is 0 Å². The van der Waals surface area contributed by atoms with Crippen LogP contribution in [0, 0.1) is 5.82 Å². The second-order valence-corrected chi connectivity index (χ2v) is 6.44. The number of hydrogen-bond acceptors (Lipinski definition) is 5. The lowest BCUT2D eigenvalue weighted by Gasteiger charge is -2.14. The lowest BCUT2D eigenvalue weighted by Crippen LogP contribution is -2.27. The van der Waals surface area contributed by atoms with Crippen molar-refractivity contribution in [1.82, 2.24) is 9.88 Å². The van der Waals surface area contributed by atoms with Gasteiger partial charge >= 0.3 is 0 Å². The van der Waals surface area contributed by atoms with Gasteiger partial charge in [-0.1, -0.05) is 12.1 Å². The summed E-state index contributed by atoms with van der Waals surface area (Å²) in [5.74, 6) is -0.613. The first-order valence-electron chi connectivity index (χ1n) is 7.79. The minimum absolute atomic E-state index is 0.0569. The Kier molecular flexibility index (Phi) is 5.43. The Hall–Kier alpha value is -3.00. The summed E-state index contributed by atoms with van der Waals surface area (Å²) in [6.45, 7) is 0.368. The van der Waals surface area contributed by atoms with E-state index in [4.69, 9.17) is 4.42 Å². The third-order valence-corrected chi connectivity index (χ3v) is 4.43. The molecule has 2 heterocycles. The molecule has 1 N–H and O–H groups in total. The van der Waals surface area contributed by atoms with E-state index in [1.54, 1.807) is 36.9 Å². The number of benzene rings is 1. The van der Waals surface area contributed by atoms with E-state index in [1.165, 1.54) is 34.4 Å². The van der Waals surface area contributed by atoms with Gasteiger partial charge in [0.15, 0.2) is 5.13 Å². The van der Waals surface area contributed by atoms with E-state index in [0.29, 0.717) is 23.1 Å². The molecular weight excluding hydrogens is 357 g/mol. The van der Waals surface area contributed by atoms with Crippen LogP contribution in [0.25, 0.3) is 0 Å². The maximum absolute atomic E-state index is 13.6. The van der Waals surface area contributed by atoms with Gasteiger partial charge in [0, 0.05) is 12.4 Å². The molecule has 3 rings (SSSR count). The highest BCUT2D eigenvalue weighted by Crippen LogP contribution is 2.18. The van der Waals surface area contributed by atoms with Gasteiger partial charge in [0.2, 0.25) is 5.91 Å². The molecule has 0 aliphatic carbocycles. The molecule has 2 amide bonds. The average Bonchev–Trinajstić information content (AvgIpc) is 3.27. The quantitative estimate of drug-likeness (QED) is 0.719. The summed E-state index contributed by atoms with van der Waals surface area (Å²) in [4.78, 5) is 30.1. The predicted molar refractivity (Wildman–Crippen MR) is 95.4 cm³/mol. The van der Waals surface area contributed by atoms with E-state index in [2.05, 4.69) is 10.3 Å². The normalized spacial score (nSPS) is 10.5. The zero-order chi connectivity index (χ0) is 18.5. The summed E-state index contributed by atoms with van der Waals surface area (Å²) >= 11 is 1.18. The third kappa shape index (κ3) is 4.34. The molecule has 0 spiro atoms. The van der Waals surface area contributed by atoms with Crippen molar-refractivity contribution in [2.24, 2.45) is 0 Å². The van der Waals surface area contributed by atoms with Crippen molar-refractivity contribution < 1.29 is 18.4 Å². The van der Waals surface area contributed by atoms with Gasteiger partial charge in [-0.15, -0.1) is 11.3 Å². The molecule has 0 saturated heterocycles. The second-order valence-electron chi connectivity index (χ2n) is 5.58. The first-order chi connectivity index (χ1) is 12.5. The van der Waals surface area contributed by atoms with Crippen LogP contribution in [0.1, 0.15) is 21.8 Å². The molecule has 26 heavy (non-hydrogen) atoms. The summed E-state index contributed by atoms with van der Waals surface area (Å²) < 4.78 is 18.8. The molecule has 0 bridgehead atoms. The number of rotatable bonds is 6. The van der Waals surface area contributed by atoms with E-state index in [1.807, 2.05) is 0 Å². The Morgan fingerprint density at radius 3 is 2.81 bits per heavy atom.